The van der Waals surface area contributed by atoms with Gasteiger partial charge in [-0.05, 0) is 25.8 Å². The van der Waals surface area contributed by atoms with E-state index in [-0.39, 0.29) is 12.3 Å². The molecule has 5 heteroatoms. The molecule has 0 unspecified atom stereocenters. The number of hydrogen-bond donors (Lipinski definition) is 1. The van der Waals surface area contributed by atoms with Gasteiger partial charge in [-0.3, -0.25) is 9.59 Å². The summed E-state index contributed by atoms with van der Waals surface area (Å²) in [5, 5.41) is 9.19. The van der Waals surface area contributed by atoms with Gasteiger partial charge in [0, 0.05) is 7.05 Å². The SMILES string of the molecule is Cc1occc1C(=O)N(C)C1(CC(=O)O)CCCCC1. The van der Waals surface area contributed by atoms with E-state index in [9.17, 15) is 14.7 Å². The predicted molar refractivity (Wildman–Crippen MR) is 73.6 cm³/mol. The summed E-state index contributed by atoms with van der Waals surface area (Å²) in [7, 11) is 1.71. The van der Waals surface area contributed by atoms with E-state index in [1.54, 1.807) is 24.9 Å². The van der Waals surface area contributed by atoms with E-state index < -0.39 is 11.5 Å². The molecule has 1 aliphatic rings. The second kappa shape index (κ2) is 5.69. The number of furan rings is 1. The van der Waals surface area contributed by atoms with Crippen molar-refractivity contribution in [1.82, 2.24) is 4.90 Å². The van der Waals surface area contributed by atoms with Crippen LogP contribution in [0.4, 0.5) is 0 Å². The number of carboxylic acid groups (broad SMARTS) is 1. The topological polar surface area (TPSA) is 70.8 Å². The fraction of sp³-hybridized carbons (Fsp3) is 0.600. The molecule has 1 aromatic rings. The Balaban J connectivity index is 2.26. The van der Waals surface area contributed by atoms with Crippen molar-refractivity contribution in [3.8, 4) is 0 Å². The Hall–Kier alpha value is -1.78. The standard InChI is InChI=1S/C15H21NO4/c1-11-12(6-9-20-11)14(19)16(2)15(10-13(17)18)7-4-3-5-8-15/h6,9H,3-5,7-8,10H2,1-2H3,(H,17,18). The first-order valence-corrected chi connectivity index (χ1v) is 7.00. The van der Waals surface area contributed by atoms with Crippen LogP contribution < -0.4 is 0 Å². The van der Waals surface area contributed by atoms with Gasteiger partial charge in [-0.2, -0.15) is 0 Å². The van der Waals surface area contributed by atoms with E-state index in [0.717, 1.165) is 32.1 Å². The average Bonchev–Trinajstić information content (AvgIpc) is 2.83. The number of rotatable bonds is 4. The lowest BCUT2D eigenvalue weighted by Crippen LogP contribution is -2.52. The van der Waals surface area contributed by atoms with Gasteiger partial charge in [-0.25, -0.2) is 0 Å². The minimum Gasteiger partial charge on any atom is -0.481 e. The maximum atomic E-state index is 12.6. The van der Waals surface area contributed by atoms with Gasteiger partial charge in [-0.15, -0.1) is 0 Å². The summed E-state index contributed by atoms with van der Waals surface area (Å²) in [4.78, 5) is 25.4. The van der Waals surface area contributed by atoms with Gasteiger partial charge in [0.05, 0.1) is 23.8 Å². The molecule has 110 valence electrons. The highest BCUT2D eigenvalue weighted by Gasteiger charge is 2.41. The molecular formula is C15H21NO4. The van der Waals surface area contributed by atoms with Crippen LogP contribution in [0.3, 0.4) is 0 Å². The summed E-state index contributed by atoms with van der Waals surface area (Å²) in [6.07, 6.45) is 6.03. The number of amides is 1. The van der Waals surface area contributed by atoms with Crippen molar-refractivity contribution in [3.63, 3.8) is 0 Å². The number of aliphatic carboxylic acids is 1. The summed E-state index contributed by atoms with van der Waals surface area (Å²) < 4.78 is 5.17. The Kier molecular flexibility index (Phi) is 4.16. The van der Waals surface area contributed by atoms with Crippen LogP contribution in [-0.4, -0.2) is 34.5 Å². The van der Waals surface area contributed by atoms with Crippen LogP contribution in [0.1, 0.15) is 54.6 Å². The lowest BCUT2D eigenvalue weighted by molar-refractivity contribution is -0.140. The van der Waals surface area contributed by atoms with Crippen LogP contribution >= 0.6 is 0 Å². The lowest BCUT2D eigenvalue weighted by atomic mass is 9.78. The molecule has 2 rings (SSSR count). The third-order valence-corrected chi connectivity index (χ3v) is 4.37. The maximum Gasteiger partial charge on any atom is 0.305 e. The maximum absolute atomic E-state index is 12.6. The zero-order chi connectivity index (χ0) is 14.8. The number of carbonyl (C=O) groups excluding carboxylic acids is 1. The Bertz CT molecular complexity index is 500. The Morgan fingerprint density at radius 1 is 1.35 bits per heavy atom. The van der Waals surface area contributed by atoms with Crippen molar-refractivity contribution >= 4 is 11.9 Å². The minimum atomic E-state index is -0.851. The highest BCUT2D eigenvalue weighted by molar-refractivity contribution is 5.95. The molecule has 0 saturated heterocycles. The fourth-order valence-electron chi connectivity index (χ4n) is 3.13. The van der Waals surface area contributed by atoms with Gasteiger partial charge >= 0.3 is 5.97 Å². The van der Waals surface area contributed by atoms with Crippen LogP contribution in [-0.2, 0) is 4.79 Å². The molecule has 0 bridgehead atoms. The highest BCUT2D eigenvalue weighted by atomic mass is 16.4. The van der Waals surface area contributed by atoms with Crippen LogP contribution in [0, 0.1) is 6.92 Å². The van der Waals surface area contributed by atoms with Crippen molar-refractivity contribution in [3.05, 3.63) is 23.7 Å². The van der Waals surface area contributed by atoms with Gasteiger partial charge in [0.2, 0.25) is 0 Å². The normalized spacial score (nSPS) is 17.7. The van der Waals surface area contributed by atoms with E-state index in [1.807, 2.05) is 0 Å². The van der Waals surface area contributed by atoms with E-state index in [2.05, 4.69) is 0 Å². The molecule has 1 aliphatic carbocycles. The molecule has 5 nitrogen and oxygen atoms in total. The molecule has 0 aromatic carbocycles. The monoisotopic (exact) mass is 279 g/mol. The number of aryl methyl sites for hydroxylation is 1. The lowest BCUT2D eigenvalue weighted by Gasteiger charge is -2.43. The van der Waals surface area contributed by atoms with Crippen LogP contribution in [0.15, 0.2) is 16.7 Å². The number of nitrogens with zero attached hydrogens (tertiary/aromatic N) is 1. The first-order chi connectivity index (χ1) is 9.46. The fourth-order valence-corrected chi connectivity index (χ4v) is 3.13. The second-order valence-electron chi connectivity index (χ2n) is 5.61. The van der Waals surface area contributed by atoms with E-state index >= 15 is 0 Å². The molecule has 20 heavy (non-hydrogen) atoms. The van der Waals surface area contributed by atoms with Gasteiger partial charge in [-0.1, -0.05) is 19.3 Å². The third kappa shape index (κ3) is 2.71. The molecule has 1 fully saturated rings. The molecule has 0 atom stereocenters. The summed E-state index contributed by atoms with van der Waals surface area (Å²) in [6.45, 7) is 1.74. The first-order valence-electron chi connectivity index (χ1n) is 7.00. The van der Waals surface area contributed by atoms with Crippen molar-refractivity contribution in [2.45, 2.75) is 51.0 Å². The van der Waals surface area contributed by atoms with Gasteiger partial charge in [0.25, 0.3) is 5.91 Å². The highest BCUT2D eigenvalue weighted by Crippen LogP contribution is 2.36. The van der Waals surface area contributed by atoms with Crippen LogP contribution in [0.5, 0.6) is 0 Å². The van der Waals surface area contributed by atoms with E-state index in [1.165, 1.54) is 6.26 Å². The summed E-state index contributed by atoms with van der Waals surface area (Å²) in [5.74, 6) is -0.432. The largest absolute Gasteiger partial charge is 0.481 e. The van der Waals surface area contributed by atoms with Gasteiger partial charge < -0.3 is 14.4 Å². The number of carboxylic acids is 1. The van der Waals surface area contributed by atoms with Crippen molar-refractivity contribution in [1.29, 1.82) is 0 Å². The number of carbonyl (C=O) groups is 2. The smallest absolute Gasteiger partial charge is 0.305 e. The van der Waals surface area contributed by atoms with E-state index in [0.29, 0.717) is 11.3 Å². The minimum absolute atomic E-state index is 0.00609. The summed E-state index contributed by atoms with van der Waals surface area (Å²) in [5.41, 5.74) is -0.0481. The molecule has 1 heterocycles. The van der Waals surface area contributed by atoms with Crippen LogP contribution in [0.25, 0.3) is 0 Å². The Morgan fingerprint density at radius 2 is 2.00 bits per heavy atom. The quantitative estimate of drug-likeness (QED) is 0.920. The van der Waals surface area contributed by atoms with Crippen molar-refractivity contribution in [2.24, 2.45) is 0 Å². The second-order valence-corrected chi connectivity index (χ2v) is 5.61. The van der Waals surface area contributed by atoms with Gasteiger partial charge in [0.1, 0.15) is 5.76 Å². The van der Waals surface area contributed by atoms with E-state index in [4.69, 9.17) is 4.42 Å². The first kappa shape index (κ1) is 14.6. The molecule has 1 N–H and O–H groups in total. The molecule has 1 aromatic heterocycles. The molecule has 1 saturated carbocycles. The molecular weight excluding hydrogens is 258 g/mol. The number of hydrogen-bond acceptors (Lipinski definition) is 3. The molecule has 0 radical (unpaired) electrons. The zero-order valence-electron chi connectivity index (χ0n) is 12.0. The van der Waals surface area contributed by atoms with Crippen molar-refractivity contribution in [2.75, 3.05) is 7.05 Å². The van der Waals surface area contributed by atoms with Gasteiger partial charge in [0.15, 0.2) is 0 Å². The zero-order valence-corrected chi connectivity index (χ0v) is 12.0. The molecule has 0 aliphatic heterocycles. The van der Waals surface area contributed by atoms with Crippen molar-refractivity contribution < 1.29 is 19.1 Å². The summed E-state index contributed by atoms with van der Waals surface area (Å²) >= 11 is 0. The predicted octanol–water partition coefficient (Wildman–Crippen LogP) is 2.84. The van der Waals surface area contributed by atoms with Crippen LogP contribution in [0.2, 0.25) is 0 Å². The molecule has 1 amide bonds. The summed E-state index contributed by atoms with van der Waals surface area (Å²) in [6, 6.07) is 1.64. The Labute approximate surface area is 118 Å². The Morgan fingerprint density at radius 3 is 2.50 bits per heavy atom. The molecule has 0 spiro atoms. The third-order valence-electron chi connectivity index (χ3n) is 4.37. The average molecular weight is 279 g/mol.